The van der Waals surface area contributed by atoms with Crippen molar-refractivity contribution in [3.63, 3.8) is 0 Å². The van der Waals surface area contributed by atoms with Crippen molar-refractivity contribution < 1.29 is 0 Å². The van der Waals surface area contributed by atoms with Gasteiger partial charge in [-0.2, -0.15) is 0 Å². The molecular formula is C8H10ClNS. The molecule has 0 aliphatic carbocycles. The molecule has 0 saturated heterocycles. The topological polar surface area (TPSA) is 26.0 Å². The van der Waals surface area contributed by atoms with Gasteiger partial charge in [0.15, 0.2) is 0 Å². The lowest BCUT2D eigenvalue weighted by Crippen LogP contribution is -2.09. The van der Waals surface area contributed by atoms with Gasteiger partial charge in [0.1, 0.15) is 0 Å². The van der Waals surface area contributed by atoms with Gasteiger partial charge in [0.2, 0.25) is 0 Å². The van der Waals surface area contributed by atoms with E-state index in [1.807, 2.05) is 30.5 Å². The average Bonchev–Trinajstić information content (AvgIpc) is 2.31. The summed E-state index contributed by atoms with van der Waals surface area (Å²) >= 11 is 7.46. The highest BCUT2D eigenvalue weighted by Crippen LogP contribution is 2.23. The lowest BCUT2D eigenvalue weighted by molar-refractivity contribution is 0.931. The maximum atomic E-state index is 5.84. The molecular weight excluding hydrogens is 178 g/mol. The molecule has 0 amide bonds. The highest BCUT2D eigenvalue weighted by atomic mass is 35.5. The Hall–Kier alpha value is -0.310. The van der Waals surface area contributed by atoms with Gasteiger partial charge < -0.3 is 5.73 Å². The summed E-state index contributed by atoms with van der Waals surface area (Å²) in [5, 5.41) is 2.76. The second-order valence-electron chi connectivity index (χ2n) is 2.35. The molecule has 1 aromatic heterocycles. The summed E-state index contributed by atoms with van der Waals surface area (Å²) in [7, 11) is 0. The highest BCUT2D eigenvalue weighted by Gasteiger charge is 1.95. The minimum absolute atomic E-state index is 0.0909. The standard InChI is InChI=1S/C8H10ClNS/c1-6(10)2-3-8-7(9)4-5-11-8/h2-6H,10H2,1H3/b3-2+. The molecule has 1 heterocycles. The molecule has 11 heavy (non-hydrogen) atoms. The van der Waals surface area contributed by atoms with Crippen molar-refractivity contribution in [3.05, 3.63) is 27.4 Å². The number of halogens is 1. The van der Waals surface area contributed by atoms with Crippen molar-refractivity contribution >= 4 is 29.0 Å². The second kappa shape index (κ2) is 3.90. The molecule has 0 fully saturated rings. The van der Waals surface area contributed by atoms with Gasteiger partial charge in [-0.15, -0.1) is 11.3 Å². The van der Waals surface area contributed by atoms with Crippen LogP contribution in [0.15, 0.2) is 17.5 Å². The van der Waals surface area contributed by atoms with Crippen LogP contribution in [0.5, 0.6) is 0 Å². The summed E-state index contributed by atoms with van der Waals surface area (Å²) in [6.45, 7) is 1.93. The smallest absolute Gasteiger partial charge is 0.0586 e. The SMILES string of the molecule is CC(N)/C=C/c1sccc1Cl. The van der Waals surface area contributed by atoms with Crippen LogP contribution in [0.3, 0.4) is 0 Å². The number of nitrogens with two attached hydrogens (primary N) is 1. The van der Waals surface area contributed by atoms with Gasteiger partial charge in [-0.05, 0) is 24.4 Å². The van der Waals surface area contributed by atoms with Crippen LogP contribution in [0, 0.1) is 0 Å². The Morgan fingerprint density at radius 3 is 2.91 bits per heavy atom. The normalized spacial score (nSPS) is 14.1. The van der Waals surface area contributed by atoms with Crippen LogP contribution in [0.4, 0.5) is 0 Å². The number of thiophene rings is 1. The van der Waals surface area contributed by atoms with Crippen molar-refractivity contribution in [3.8, 4) is 0 Å². The zero-order valence-electron chi connectivity index (χ0n) is 6.25. The molecule has 60 valence electrons. The zero-order valence-corrected chi connectivity index (χ0v) is 7.82. The van der Waals surface area contributed by atoms with E-state index in [0.29, 0.717) is 0 Å². The molecule has 1 nitrogen and oxygen atoms in total. The average molecular weight is 188 g/mol. The highest BCUT2D eigenvalue weighted by molar-refractivity contribution is 7.11. The second-order valence-corrected chi connectivity index (χ2v) is 3.71. The van der Waals surface area contributed by atoms with Gasteiger partial charge in [-0.3, -0.25) is 0 Å². The summed E-state index contributed by atoms with van der Waals surface area (Å²) in [5.41, 5.74) is 5.53. The lowest BCUT2D eigenvalue weighted by atomic mass is 10.3. The molecule has 2 N–H and O–H groups in total. The van der Waals surface area contributed by atoms with E-state index in [-0.39, 0.29) is 6.04 Å². The Morgan fingerprint density at radius 1 is 1.73 bits per heavy atom. The molecule has 0 aliphatic heterocycles. The van der Waals surface area contributed by atoms with E-state index >= 15 is 0 Å². The monoisotopic (exact) mass is 187 g/mol. The van der Waals surface area contributed by atoms with Gasteiger partial charge in [0, 0.05) is 10.9 Å². The molecule has 3 heteroatoms. The van der Waals surface area contributed by atoms with E-state index in [2.05, 4.69) is 0 Å². The quantitative estimate of drug-likeness (QED) is 0.757. The molecule has 1 aromatic rings. The predicted octanol–water partition coefficient (Wildman–Crippen LogP) is 2.76. The third-order valence-electron chi connectivity index (χ3n) is 1.20. The molecule has 0 aliphatic rings. The summed E-state index contributed by atoms with van der Waals surface area (Å²) < 4.78 is 0. The van der Waals surface area contributed by atoms with Gasteiger partial charge in [-0.1, -0.05) is 17.7 Å². The molecule has 1 atom stereocenters. The Balaban J connectivity index is 2.71. The van der Waals surface area contributed by atoms with Gasteiger partial charge >= 0.3 is 0 Å². The van der Waals surface area contributed by atoms with E-state index < -0.39 is 0 Å². The van der Waals surface area contributed by atoms with Crippen LogP contribution < -0.4 is 5.73 Å². The van der Waals surface area contributed by atoms with Gasteiger partial charge in [0.25, 0.3) is 0 Å². The van der Waals surface area contributed by atoms with Crippen LogP contribution in [-0.2, 0) is 0 Å². The number of hydrogen-bond donors (Lipinski definition) is 1. The maximum Gasteiger partial charge on any atom is 0.0586 e. The minimum atomic E-state index is 0.0909. The third kappa shape index (κ3) is 2.66. The van der Waals surface area contributed by atoms with Gasteiger partial charge in [-0.25, -0.2) is 0 Å². The number of hydrogen-bond acceptors (Lipinski definition) is 2. The Morgan fingerprint density at radius 2 is 2.45 bits per heavy atom. The fourth-order valence-electron chi connectivity index (χ4n) is 0.664. The Labute approximate surface area is 75.5 Å². The van der Waals surface area contributed by atoms with E-state index in [1.54, 1.807) is 11.3 Å². The van der Waals surface area contributed by atoms with Crippen molar-refractivity contribution in [2.45, 2.75) is 13.0 Å². The first-order chi connectivity index (χ1) is 5.20. The Kier molecular flexibility index (Phi) is 3.12. The van der Waals surface area contributed by atoms with E-state index in [1.165, 1.54) is 0 Å². The van der Waals surface area contributed by atoms with Crippen LogP contribution >= 0.6 is 22.9 Å². The lowest BCUT2D eigenvalue weighted by Gasteiger charge is -1.92. The van der Waals surface area contributed by atoms with Crippen LogP contribution in [-0.4, -0.2) is 6.04 Å². The summed E-state index contributed by atoms with van der Waals surface area (Å²) in [4.78, 5) is 1.07. The summed E-state index contributed by atoms with van der Waals surface area (Å²) in [6.07, 6.45) is 3.88. The molecule has 0 bridgehead atoms. The van der Waals surface area contributed by atoms with E-state index in [9.17, 15) is 0 Å². The van der Waals surface area contributed by atoms with Crippen molar-refractivity contribution in [1.29, 1.82) is 0 Å². The van der Waals surface area contributed by atoms with E-state index in [0.717, 1.165) is 9.90 Å². The first-order valence-electron chi connectivity index (χ1n) is 3.37. The van der Waals surface area contributed by atoms with Crippen LogP contribution in [0.2, 0.25) is 5.02 Å². The molecule has 0 spiro atoms. The molecule has 0 radical (unpaired) electrons. The first kappa shape index (κ1) is 8.78. The predicted molar refractivity (Wildman–Crippen MR) is 52.0 cm³/mol. The number of rotatable bonds is 2. The van der Waals surface area contributed by atoms with Crippen molar-refractivity contribution in [2.24, 2.45) is 5.73 Å². The summed E-state index contributed by atoms with van der Waals surface area (Å²) in [6, 6.07) is 1.97. The fourth-order valence-corrected chi connectivity index (χ4v) is 1.69. The maximum absolute atomic E-state index is 5.84. The first-order valence-corrected chi connectivity index (χ1v) is 4.62. The fraction of sp³-hybridized carbons (Fsp3) is 0.250. The Bertz CT molecular complexity index is 252. The van der Waals surface area contributed by atoms with E-state index in [4.69, 9.17) is 17.3 Å². The van der Waals surface area contributed by atoms with Crippen molar-refractivity contribution in [1.82, 2.24) is 0 Å². The largest absolute Gasteiger partial charge is 0.325 e. The molecule has 0 saturated carbocycles. The molecule has 0 aromatic carbocycles. The molecule has 1 rings (SSSR count). The van der Waals surface area contributed by atoms with Gasteiger partial charge in [0.05, 0.1) is 5.02 Å². The zero-order chi connectivity index (χ0) is 8.27. The third-order valence-corrected chi connectivity index (χ3v) is 2.52. The van der Waals surface area contributed by atoms with Crippen LogP contribution in [0.1, 0.15) is 11.8 Å². The minimum Gasteiger partial charge on any atom is -0.325 e. The summed E-state index contributed by atoms with van der Waals surface area (Å²) in [5.74, 6) is 0. The van der Waals surface area contributed by atoms with Crippen molar-refractivity contribution in [2.75, 3.05) is 0 Å². The van der Waals surface area contributed by atoms with Crippen LogP contribution in [0.25, 0.3) is 6.08 Å². The molecule has 1 unspecified atom stereocenters.